The molecule has 2 aromatic carbocycles. The van der Waals surface area contributed by atoms with Crippen molar-refractivity contribution in [3.63, 3.8) is 0 Å². The molecule has 0 saturated carbocycles. The predicted molar refractivity (Wildman–Crippen MR) is 75.0 cm³/mol. The van der Waals surface area contributed by atoms with Crippen LogP contribution in [-0.2, 0) is 0 Å². The van der Waals surface area contributed by atoms with Crippen LogP contribution in [0.4, 0.5) is 0 Å². The van der Waals surface area contributed by atoms with Gasteiger partial charge in [-0.1, -0.05) is 0 Å². The van der Waals surface area contributed by atoms with E-state index in [-0.39, 0.29) is 22.6 Å². The molecule has 2 rings (SSSR count). The number of hydrogen-bond donors (Lipinski definition) is 1. The molecule has 0 saturated heterocycles. The molecule has 0 amide bonds. The fourth-order valence-corrected chi connectivity index (χ4v) is 1.81. The number of halogens is 2. The third-order valence-corrected chi connectivity index (χ3v) is 2.91. The van der Waals surface area contributed by atoms with Crippen molar-refractivity contribution in [2.24, 2.45) is 0 Å². The van der Waals surface area contributed by atoms with Crippen LogP contribution in [0.1, 0.15) is 20.7 Å². The molecular weight excluding hydrogens is 303 g/mol. The van der Waals surface area contributed by atoms with Crippen molar-refractivity contribution in [1.29, 1.82) is 0 Å². The Hall–Kier alpha value is -2.04. The molecule has 0 aromatic heterocycles. The lowest BCUT2D eigenvalue weighted by Crippen LogP contribution is -1.98. The van der Waals surface area contributed by atoms with Crippen molar-refractivity contribution in [2.45, 2.75) is 0 Å². The molecule has 6 heteroatoms. The quantitative estimate of drug-likeness (QED) is 0.869. The topological polar surface area (TPSA) is 63.6 Å². The summed E-state index contributed by atoms with van der Waals surface area (Å²) in [5, 5.41) is 7.80. The Bertz CT molecular complexity index is 665. The van der Waals surface area contributed by atoms with Gasteiger partial charge in [-0.25, -0.2) is 0 Å². The van der Waals surface area contributed by atoms with E-state index in [4.69, 9.17) is 27.9 Å². The molecule has 20 heavy (non-hydrogen) atoms. The summed E-state index contributed by atoms with van der Waals surface area (Å²) >= 11 is 10.8. The van der Waals surface area contributed by atoms with Crippen molar-refractivity contribution in [3.8, 4) is 17.2 Å². The number of carbonyl (C=O) groups excluding carboxylic acids is 2. The summed E-state index contributed by atoms with van der Waals surface area (Å²) < 4.78 is 5.49. The van der Waals surface area contributed by atoms with Gasteiger partial charge in [0.05, 0.1) is 5.56 Å². The second-order valence-corrected chi connectivity index (χ2v) is 4.54. The molecule has 4 nitrogen and oxygen atoms in total. The van der Waals surface area contributed by atoms with Crippen LogP contribution in [0.15, 0.2) is 42.5 Å². The standard InChI is InChI=1S/C14H8Cl2O4/c15-13(18)8-1-6-11(14(16)19)12(7-8)20-10-4-2-9(17)3-5-10/h1-7,17H. The Balaban J connectivity index is 2.41. The van der Waals surface area contributed by atoms with Crippen LogP contribution >= 0.6 is 23.2 Å². The molecule has 0 atom stereocenters. The van der Waals surface area contributed by atoms with E-state index in [1.54, 1.807) is 0 Å². The smallest absolute Gasteiger partial charge is 0.256 e. The first-order chi connectivity index (χ1) is 9.47. The van der Waals surface area contributed by atoms with Crippen LogP contribution in [0.3, 0.4) is 0 Å². The SMILES string of the molecule is O=C(Cl)c1ccc(C(=O)Cl)c(Oc2ccc(O)cc2)c1. The minimum absolute atomic E-state index is 0.0793. The van der Waals surface area contributed by atoms with E-state index in [2.05, 4.69) is 0 Å². The van der Waals surface area contributed by atoms with Gasteiger partial charge in [-0.15, -0.1) is 0 Å². The van der Waals surface area contributed by atoms with Gasteiger partial charge in [-0.2, -0.15) is 0 Å². The number of hydrogen-bond acceptors (Lipinski definition) is 4. The van der Waals surface area contributed by atoms with E-state index < -0.39 is 10.5 Å². The van der Waals surface area contributed by atoms with Crippen molar-refractivity contribution >= 4 is 33.7 Å². The van der Waals surface area contributed by atoms with E-state index >= 15 is 0 Å². The Labute approximate surface area is 124 Å². The first-order valence-corrected chi connectivity index (χ1v) is 6.23. The lowest BCUT2D eigenvalue weighted by Gasteiger charge is -2.09. The zero-order chi connectivity index (χ0) is 14.7. The number of ether oxygens (including phenoxy) is 1. The summed E-state index contributed by atoms with van der Waals surface area (Å²) in [4.78, 5) is 22.5. The maximum Gasteiger partial charge on any atom is 0.256 e. The minimum Gasteiger partial charge on any atom is -0.508 e. The summed E-state index contributed by atoms with van der Waals surface area (Å²) in [7, 11) is 0. The number of carbonyl (C=O) groups is 2. The van der Waals surface area contributed by atoms with Gasteiger partial charge in [0, 0.05) is 5.56 Å². The Morgan fingerprint density at radius 1 is 0.950 bits per heavy atom. The van der Waals surface area contributed by atoms with Crippen LogP contribution in [0.5, 0.6) is 17.2 Å². The second-order valence-electron chi connectivity index (χ2n) is 3.85. The monoisotopic (exact) mass is 310 g/mol. The van der Waals surface area contributed by atoms with Gasteiger partial charge in [0.25, 0.3) is 10.5 Å². The number of benzene rings is 2. The van der Waals surface area contributed by atoms with Gasteiger partial charge in [-0.3, -0.25) is 9.59 Å². The fourth-order valence-electron chi connectivity index (χ4n) is 1.53. The zero-order valence-electron chi connectivity index (χ0n) is 9.97. The van der Waals surface area contributed by atoms with Crippen LogP contribution < -0.4 is 4.74 Å². The summed E-state index contributed by atoms with van der Waals surface area (Å²) in [6.45, 7) is 0. The highest BCUT2D eigenvalue weighted by Gasteiger charge is 2.14. The molecule has 0 aliphatic rings. The molecular formula is C14H8Cl2O4. The summed E-state index contributed by atoms with van der Waals surface area (Å²) in [6, 6.07) is 9.94. The summed E-state index contributed by atoms with van der Waals surface area (Å²) in [6.07, 6.45) is 0. The molecule has 0 radical (unpaired) electrons. The number of phenols is 1. The molecule has 0 unspecified atom stereocenters. The first-order valence-electron chi connectivity index (χ1n) is 5.48. The Morgan fingerprint density at radius 2 is 1.60 bits per heavy atom. The summed E-state index contributed by atoms with van der Waals surface area (Å²) in [5.74, 6) is 0.569. The molecule has 0 bridgehead atoms. The van der Waals surface area contributed by atoms with E-state index in [9.17, 15) is 14.7 Å². The van der Waals surface area contributed by atoms with E-state index in [1.807, 2.05) is 0 Å². The molecule has 0 aliphatic carbocycles. The normalized spacial score (nSPS) is 10.1. The Kier molecular flexibility index (Phi) is 4.27. The van der Waals surface area contributed by atoms with Gasteiger partial charge in [0.2, 0.25) is 0 Å². The predicted octanol–water partition coefficient (Wildman–Crippen LogP) is 3.94. The fraction of sp³-hybridized carbons (Fsp3) is 0. The van der Waals surface area contributed by atoms with Crippen LogP contribution in [-0.4, -0.2) is 15.6 Å². The van der Waals surface area contributed by atoms with Gasteiger partial charge < -0.3 is 9.84 Å². The zero-order valence-corrected chi connectivity index (χ0v) is 11.5. The highest BCUT2D eigenvalue weighted by atomic mass is 35.5. The number of rotatable bonds is 4. The molecule has 0 heterocycles. The lowest BCUT2D eigenvalue weighted by molar-refractivity contribution is 0.106. The maximum atomic E-state index is 11.3. The van der Waals surface area contributed by atoms with E-state index in [0.717, 1.165) is 0 Å². The van der Waals surface area contributed by atoms with Crippen molar-refractivity contribution < 1.29 is 19.4 Å². The minimum atomic E-state index is -0.715. The molecule has 2 aromatic rings. The van der Waals surface area contributed by atoms with Gasteiger partial charge in [-0.05, 0) is 65.7 Å². The van der Waals surface area contributed by atoms with Crippen LogP contribution in [0.2, 0.25) is 0 Å². The largest absolute Gasteiger partial charge is 0.508 e. The maximum absolute atomic E-state index is 11.3. The number of phenolic OH excluding ortho intramolecular Hbond substituents is 1. The second kappa shape index (κ2) is 5.94. The molecule has 1 N–H and O–H groups in total. The van der Waals surface area contributed by atoms with E-state index in [1.165, 1.54) is 42.5 Å². The molecule has 0 spiro atoms. The van der Waals surface area contributed by atoms with Crippen molar-refractivity contribution in [2.75, 3.05) is 0 Å². The van der Waals surface area contributed by atoms with Gasteiger partial charge in [0.15, 0.2) is 0 Å². The average Bonchev–Trinajstić information content (AvgIpc) is 2.41. The number of aromatic hydroxyl groups is 1. The van der Waals surface area contributed by atoms with Crippen LogP contribution in [0, 0.1) is 0 Å². The third-order valence-electron chi connectivity index (χ3n) is 2.48. The van der Waals surface area contributed by atoms with Gasteiger partial charge in [0.1, 0.15) is 17.2 Å². The Morgan fingerprint density at radius 3 is 2.15 bits per heavy atom. The first kappa shape index (κ1) is 14.4. The molecule has 102 valence electrons. The van der Waals surface area contributed by atoms with Gasteiger partial charge >= 0.3 is 0 Å². The lowest BCUT2D eigenvalue weighted by atomic mass is 10.1. The van der Waals surface area contributed by atoms with Crippen molar-refractivity contribution in [3.05, 3.63) is 53.6 Å². The van der Waals surface area contributed by atoms with Crippen molar-refractivity contribution in [1.82, 2.24) is 0 Å². The van der Waals surface area contributed by atoms with Crippen LogP contribution in [0.25, 0.3) is 0 Å². The third kappa shape index (κ3) is 3.29. The average molecular weight is 311 g/mol. The van der Waals surface area contributed by atoms with E-state index in [0.29, 0.717) is 5.75 Å². The highest BCUT2D eigenvalue weighted by molar-refractivity contribution is 6.68. The molecule has 0 aliphatic heterocycles. The molecule has 0 fully saturated rings. The summed E-state index contributed by atoms with van der Waals surface area (Å²) in [5.41, 5.74) is 0.295. The highest BCUT2D eigenvalue weighted by Crippen LogP contribution is 2.29.